The average molecular weight is 482 g/mol. The minimum atomic E-state index is -0.814. The van der Waals surface area contributed by atoms with Gasteiger partial charge in [-0.3, -0.25) is 15.0 Å². The molecule has 0 fully saturated rings. The number of nitrogens with one attached hydrogen (secondary N) is 2. The van der Waals surface area contributed by atoms with Crippen LogP contribution >= 0.6 is 11.3 Å². The molecule has 1 amide bonds. The molecule has 3 aromatic rings. The number of ether oxygens (including phenoxy) is 1. The van der Waals surface area contributed by atoms with Crippen molar-refractivity contribution in [1.82, 2.24) is 0 Å². The Morgan fingerprint density at radius 1 is 1.18 bits per heavy atom. The normalized spacial score (nSPS) is 11.1. The standard InChI is InChI=1S/C25H24FN3O4S/c1-14-8-15(13-30)10-17(9-14)29-24(32)25(2,3)12-18-5-7-21(34-18)23(31)33-20-6-4-16(22(27)28)11-19(20)26/h4-11,13H,12H2,1-3H3,(H3,27,28)(H,29,32). The summed E-state index contributed by atoms with van der Waals surface area (Å²) in [6.45, 7) is 5.40. The van der Waals surface area contributed by atoms with Crippen molar-refractivity contribution in [2.45, 2.75) is 27.2 Å². The molecule has 34 heavy (non-hydrogen) atoms. The molecule has 0 aliphatic heterocycles. The van der Waals surface area contributed by atoms with Gasteiger partial charge in [-0.05, 0) is 67.4 Å². The van der Waals surface area contributed by atoms with Crippen molar-refractivity contribution in [3.8, 4) is 5.75 Å². The molecule has 0 unspecified atom stereocenters. The summed E-state index contributed by atoms with van der Waals surface area (Å²) in [6.07, 6.45) is 1.08. The summed E-state index contributed by atoms with van der Waals surface area (Å²) in [7, 11) is 0. The minimum absolute atomic E-state index is 0.185. The molecular weight excluding hydrogens is 457 g/mol. The van der Waals surface area contributed by atoms with Crippen LogP contribution in [0.5, 0.6) is 5.75 Å². The lowest BCUT2D eigenvalue weighted by atomic mass is 9.87. The summed E-state index contributed by atoms with van der Waals surface area (Å²) in [5, 5.41) is 10.2. The van der Waals surface area contributed by atoms with E-state index in [9.17, 15) is 18.8 Å². The Morgan fingerprint density at radius 3 is 2.56 bits per heavy atom. The third-order valence-corrected chi connectivity index (χ3v) is 6.10. The Balaban J connectivity index is 1.67. The van der Waals surface area contributed by atoms with Crippen LogP contribution in [0.25, 0.3) is 0 Å². The van der Waals surface area contributed by atoms with Crippen LogP contribution in [-0.4, -0.2) is 24.0 Å². The third-order valence-electron chi connectivity index (χ3n) is 5.03. The number of thiophene rings is 1. The van der Waals surface area contributed by atoms with Gasteiger partial charge in [0.25, 0.3) is 0 Å². The predicted octanol–water partition coefficient (Wildman–Crippen LogP) is 4.72. The van der Waals surface area contributed by atoms with Gasteiger partial charge >= 0.3 is 5.97 Å². The molecule has 0 atom stereocenters. The first-order valence-electron chi connectivity index (χ1n) is 10.3. The number of rotatable bonds is 8. The fourth-order valence-corrected chi connectivity index (χ4v) is 4.37. The first kappa shape index (κ1) is 24.8. The third kappa shape index (κ3) is 5.93. The van der Waals surface area contributed by atoms with E-state index in [2.05, 4.69) is 5.32 Å². The van der Waals surface area contributed by atoms with E-state index in [1.807, 2.05) is 6.92 Å². The number of amides is 1. The maximum Gasteiger partial charge on any atom is 0.353 e. The van der Waals surface area contributed by atoms with E-state index in [-0.39, 0.29) is 27.9 Å². The highest BCUT2D eigenvalue weighted by Gasteiger charge is 2.29. The van der Waals surface area contributed by atoms with Crippen LogP contribution in [0.1, 0.15) is 49.9 Å². The molecule has 176 valence electrons. The summed E-state index contributed by atoms with van der Waals surface area (Å²) >= 11 is 1.16. The zero-order chi connectivity index (χ0) is 25.0. The molecule has 9 heteroatoms. The van der Waals surface area contributed by atoms with Crippen LogP contribution in [0.4, 0.5) is 10.1 Å². The summed E-state index contributed by atoms with van der Waals surface area (Å²) in [5.41, 5.74) is 6.56. The van der Waals surface area contributed by atoms with Crippen molar-refractivity contribution in [2.24, 2.45) is 11.1 Å². The highest BCUT2D eigenvalue weighted by atomic mass is 32.1. The van der Waals surface area contributed by atoms with E-state index in [0.717, 1.165) is 34.1 Å². The number of carbonyl (C=O) groups is 3. The molecule has 3 rings (SSSR count). The van der Waals surface area contributed by atoms with Crippen molar-refractivity contribution >= 4 is 41.0 Å². The number of anilines is 1. The number of hydrogen-bond acceptors (Lipinski definition) is 6. The Labute approximate surface area is 200 Å². The first-order valence-corrected chi connectivity index (χ1v) is 11.1. The molecule has 2 aromatic carbocycles. The van der Waals surface area contributed by atoms with Crippen molar-refractivity contribution in [1.29, 1.82) is 5.41 Å². The molecule has 0 aliphatic carbocycles. The lowest BCUT2D eigenvalue weighted by Crippen LogP contribution is -2.32. The molecule has 7 nitrogen and oxygen atoms in total. The van der Waals surface area contributed by atoms with Crippen LogP contribution in [0.2, 0.25) is 0 Å². The molecule has 0 spiro atoms. The summed E-state index contributed by atoms with van der Waals surface area (Å²) in [5.74, 6) is -2.32. The van der Waals surface area contributed by atoms with Gasteiger partial charge in [-0.1, -0.05) is 13.8 Å². The van der Waals surface area contributed by atoms with Gasteiger partial charge in [0.1, 0.15) is 17.0 Å². The van der Waals surface area contributed by atoms with Crippen molar-refractivity contribution in [3.63, 3.8) is 0 Å². The number of nitrogens with two attached hydrogens (primary N) is 1. The Hall–Kier alpha value is -3.85. The number of benzene rings is 2. The number of amidine groups is 1. The second-order valence-corrected chi connectivity index (χ2v) is 9.65. The molecule has 4 N–H and O–H groups in total. The van der Waals surface area contributed by atoms with Crippen LogP contribution in [0.3, 0.4) is 0 Å². The number of halogens is 1. The van der Waals surface area contributed by atoms with Gasteiger partial charge in [-0.25, -0.2) is 9.18 Å². The maximum absolute atomic E-state index is 14.2. The monoisotopic (exact) mass is 481 g/mol. The van der Waals surface area contributed by atoms with Gasteiger partial charge in [0, 0.05) is 27.1 Å². The highest BCUT2D eigenvalue weighted by molar-refractivity contribution is 7.14. The lowest BCUT2D eigenvalue weighted by molar-refractivity contribution is -0.123. The topological polar surface area (TPSA) is 122 Å². The molecule has 0 saturated heterocycles. The van der Waals surface area contributed by atoms with E-state index in [0.29, 0.717) is 17.7 Å². The number of carbonyl (C=O) groups excluding carboxylic acids is 3. The van der Waals surface area contributed by atoms with Crippen LogP contribution in [-0.2, 0) is 11.2 Å². The molecule has 1 aromatic heterocycles. The summed E-state index contributed by atoms with van der Waals surface area (Å²) in [4.78, 5) is 37.5. The van der Waals surface area contributed by atoms with E-state index < -0.39 is 17.2 Å². The highest BCUT2D eigenvalue weighted by Crippen LogP contribution is 2.29. The minimum Gasteiger partial charge on any atom is -0.419 e. The van der Waals surface area contributed by atoms with E-state index in [1.165, 1.54) is 12.1 Å². The maximum atomic E-state index is 14.2. The summed E-state index contributed by atoms with van der Waals surface area (Å²) in [6, 6.07) is 12.1. The van der Waals surface area contributed by atoms with E-state index >= 15 is 0 Å². The molecule has 0 bridgehead atoms. The number of aldehydes is 1. The van der Waals surface area contributed by atoms with Crippen LogP contribution < -0.4 is 15.8 Å². The van der Waals surface area contributed by atoms with E-state index in [4.69, 9.17) is 15.9 Å². The fourth-order valence-electron chi connectivity index (χ4n) is 3.25. The number of aryl methyl sites for hydroxylation is 1. The second kappa shape index (κ2) is 9.96. The SMILES string of the molecule is Cc1cc(C=O)cc(NC(=O)C(C)(C)Cc2ccc(C(=O)Oc3ccc(C(=N)N)cc3F)s2)c1. The fraction of sp³-hybridized carbons (Fsp3) is 0.200. The number of nitrogen functional groups attached to an aromatic ring is 1. The molecule has 0 aliphatic rings. The van der Waals surface area contributed by atoms with Crippen molar-refractivity contribution < 1.29 is 23.5 Å². The van der Waals surface area contributed by atoms with Crippen LogP contribution in [0.15, 0.2) is 48.5 Å². The Bertz CT molecular complexity index is 1280. The summed E-state index contributed by atoms with van der Waals surface area (Å²) < 4.78 is 19.3. The Kier molecular flexibility index (Phi) is 7.26. The molecule has 1 heterocycles. The van der Waals surface area contributed by atoms with Crippen molar-refractivity contribution in [3.05, 3.63) is 80.8 Å². The quantitative estimate of drug-likeness (QED) is 0.141. The van der Waals surface area contributed by atoms with Gasteiger partial charge in [-0.15, -0.1) is 11.3 Å². The second-order valence-electron chi connectivity index (χ2n) is 8.48. The lowest BCUT2D eigenvalue weighted by Gasteiger charge is -2.23. The predicted molar refractivity (Wildman–Crippen MR) is 129 cm³/mol. The molecule has 0 saturated carbocycles. The first-order chi connectivity index (χ1) is 16.0. The van der Waals surface area contributed by atoms with Gasteiger partial charge in [0.05, 0.1) is 0 Å². The largest absolute Gasteiger partial charge is 0.419 e. The molecular formula is C25H24FN3O4S. The van der Waals surface area contributed by atoms with Gasteiger partial charge in [-0.2, -0.15) is 0 Å². The van der Waals surface area contributed by atoms with Gasteiger partial charge in [0.2, 0.25) is 5.91 Å². The Morgan fingerprint density at radius 2 is 1.91 bits per heavy atom. The zero-order valence-electron chi connectivity index (χ0n) is 18.9. The smallest absolute Gasteiger partial charge is 0.353 e. The average Bonchev–Trinajstić information content (AvgIpc) is 3.22. The van der Waals surface area contributed by atoms with Crippen LogP contribution in [0, 0.1) is 23.6 Å². The van der Waals surface area contributed by atoms with Crippen molar-refractivity contribution in [2.75, 3.05) is 5.32 Å². The van der Waals surface area contributed by atoms with Gasteiger partial charge in [0.15, 0.2) is 11.6 Å². The van der Waals surface area contributed by atoms with E-state index in [1.54, 1.807) is 44.2 Å². The molecule has 0 radical (unpaired) electrons. The number of hydrogen-bond donors (Lipinski definition) is 3. The zero-order valence-corrected chi connectivity index (χ0v) is 19.7. The number of esters is 1. The van der Waals surface area contributed by atoms with Gasteiger partial charge < -0.3 is 15.8 Å².